The number of benzene rings is 1. The Bertz CT molecular complexity index is 575. The summed E-state index contributed by atoms with van der Waals surface area (Å²) < 4.78 is 5.13. The third kappa shape index (κ3) is 3.70. The number of furan rings is 1. The second-order valence-corrected chi connectivity index (χ2v) is 4.01. The molecule has 0 aliphatic rings. The van der Waals surface area contributed by atoms with Gasteiger partial charge in [-0.05, 0) is 30.3 Å². The van der Waals surface area contributed by atoms with Crippen molar-refractivity contribution in [2.45, 2.75) is 12.8 Å². The van der Waals surface area contributed by atoms with Crippen LogP contribution in [0, 0.1) is 0 Å². The monoisotopic (exact) mass is 259 g/mol. The van der Waals surface area contributed by atoms with Crippen molar-refractivity contribution in [3.05, 3.63) is 54.0 Å². The molecule has 1 amide bonds. The van der Waals surface area contributed by atoms with E-state index in [1.54, 1.807) is 30.5 Å². The molecule has 2 rings (SSSR count). The summed E-state index contributed by atoms with van der Waals surface area (Å²) in [5, 5.41) is 11.5. The predicted molar refractivity (Wildman–Crippen MR) is 69.1 cm³/mol. The fourth-order valence-electron chi connectivity index (χ4n) is 1.65. The molecule has 0 saturated carbocycles. The van der Waals surface area contributed by atoms with E-state index in [2.05, 4.69) is 5.32 Å². The topological polar surface area (TPSA) is 79.5 Å². The van der Waals surface area contributed by atoms with Gasteiger partial charge in [-0.2, -0.15) is 0 Å². The Kier molecular flexibility index (Phi) is 3.97. The standard InChI is InChI=1S/C14H13NO4/c16-13(7-6-12-5-2-8-19-12)15-11-4-1-3-10(9-11)14(17)18/h1-5,8-9H,6-7H2,(H,15,16)(H,17,18). The Morgan fingerprint density at radius 2 is 2.05 bits per heavy atom. The van der Waals surface area contributed by atoms with Gasteiger partial charge in [0.25, 0.3) is 0 Å². The molecule has 0 bridgehead atoms. The number of amides is 1. The van der Waals surface area contributed by atoms with E-state index in [4.69, 9.17) is 9.52 Å². The van der Waals surface area contributed by atoms with Gasteiger partial charge in [-0.25, -0.2) is 4.79 Å². The molecule has 0 spiro atoms. The van der Waals surface area contributed by atoms with Crippen molar-refractivity contribution in [1.82, 2.24) is 0 Å². The van der Waals surface area contributed by atoms with Crippen LogP contribution in [-0.4, -0.2) is 17.0 Å². The van der Waals surface area contributed by atoms with E-state index >= 15 is 0 Å². The summed E-state index contributed by atoms with van der Waals surface area (Å²) in [6.45, 7) is 0. The Balaban J connectivity index is 1.91. The minimum Gasteiger partial charge on any atom is -0.478 e. The van der Waals surface area contributed by atoms with Crippen molar-refractivity contribution in [3.8, 4) is 0 Å². The normalized spacial score (nSPS) is 10.1. The van der Waals surface area contributed by atoms with E-state index in [1.807, 2.05) is 0 Å². The molecule has 2 N–H and O–H groups in total. The molecule has 1 aromatic heterocycles. The lowest BCUT2D eigenvalue weighted by Crippen LogP contribution is -2.12. The first-order chi connectivity index (χ1) is 9.15. The lowest BCUT2D eigenvalue weighted by atomic mass is 10.2. The van der Waals surface area contributed by atoms with Gasteiger partial charge >= 0.3 is 5.97 Å². The third-order valence-electron chi connectivity index (χ3n) is 2.57. The highest BCUT2D eigenvalue weighted by atomic mass is 16.4. The Hall–Kier alpha value is -2.56. The third-order valence-corrected chi connectivity index (χ3v) is 2.57. The second-order valence-electron chi connectivity index (χ2n) is 4.01. The van der Waals surface area contributed by atoms with Crippen LogP contribution in [0.2, 0.25) is 0 Å². The summed E-state index contributed by atoms with van der Waals surface area (Å²) in [6.07, 6.45) is 2.35. The van der Waals surface area contributed by atoms with Gasteiger partial charge in [0.15, 0.2) is 0 Å². The van der Waals surface area contributed by atoms with Gasteiger partial charge in [-0.3, -0.25) is 4.79 Å². The number of carboxylic acid groups (broad SMARTS) is 1. The molecule has 0 radical (unpaired) electrons. The van der Waals surface area contributed by atoms with Crippen LogP contribution >= 0.6 is 0 Å². The number of aryl methyl sites for hydroxylation is 1. The van der Waals surface area contributed by atoms with Gasteiger partial charge in [0.05, 0.1) is 11.8 Å². The summed E-state index contributed by atoms with van der Waals surface area (Å²) in [5.74, 6) is -0.458. The quantitative estimate of drug-likeness (QED) is 0.864. The van der Waals surface area contributed by atoms with Crippen LogP contribution in [0.1, 0.15) is 22.5 Å². The molecule has 19 heavy (non-hydrogen) atoms. The number of hydrogen-bond donors (Lipinski definition) is 2. The zero-order valence-corrected chi connectivity index (χ0v) is 10.1. The molecule has 0 unspecified atom stereocenters. The number of nitrogens with one attached hydrogen (secondary N) is 1. The molecule has 98 valence electrons. The average Bonchev–Trinajstić information content (AvgIpc) is 2.90. The largest absolute Gasteiger partial charge is 0.478 e. The average molecular weight is 259 g/mol. The first kappa shape index (κ1) is 12.9. The van der Waals surface area contributed by atoms with E-state index in [0.717, 1.165) is 5.76 Å². The first-order valence-electron chi connectivity index (χ1n) is 5.81. The van der Waals surface area contributed by atoms with E-state index in [1.165, 1.54) is 12.1 Å². The highest BCUT2D eigenvalue weighted by molar-refractivity contribution is 5.93. The molecular formula is C14H13NO4. The molecule has 0 saturated heterocycles. The van der Waals surface area contributed by atoms with Crippen LogP contribution in [0.15, 0.2) is 47.1 Å². The van der Waals surface area contributed by atoms with Crippen molar-refractivity contribution >= 4 is 17.6 Å². The van der Waals surface area contributed by atoms with E-state index < -0.39 is 5.97 Å². The number of anilines is 1. The molecule has 0 aliphatic carbocycles. The van der Waals surface area contributed by atoms with Gasteiger partial charge < -0.3 is 14.8 Å². The van der Waals surface area contributed by atoms with Gasteiger partial charge in [-0.1, -0.05) is 6.07 Å². The maximum atomic E-state index is 11.7. The van der Waals surface area contributed by atoms with Gasteiger partial charge in [0.1, 0.15) is 5.76 Å². The van der Waals surface area contributed by atoms with Crippen molar-refractivity contribution in [2.75, 3.05) is 5.32 Å². The maximum absolute atomic E-state index is 11.7. The van der Waals surface area contributed by atoms with Crippen LogP contribution < -0.4 is 5.32 Å². The van der Waals surface area contributed by atoms with Gasteiger partial charge in [0, 0.05) is 18.5 Å². The molecule has 2 aromatic rings. The van der Waals surface area contributed by atoms with Crippen molar-refractivity contribution in [1.29, 1.82) is 0 Å². The summed E-state index contributed by atoms with van der Waals surface area (Å²) in [4.78, 5) is 22.5. The minimum atomic E-state index is -1.02. The van der Waals surface area contributed by atoms with E-state index in [0.29, 0.717) is 12.1 Å². The van der Waals surface area contributed by atoms with Crippen molar-refractivity contribution < 1.29 is 19.1 Å². The Labute approximate surface area is 109 Å². The number of carboxylic acids is 1. The van der Waals surface area contributed by atoms with Crippen LogP contribution in [0.5, 0.6) is 0 Å². The highest BCUT2D eigenvalue weighted by Gasteiger charge is 2.07. The molecule has 0 atom stereocenters. The number of hydrogen-bond acceptors (Lipinski definition) is 3. The molecule has 1 aromatic carbocycles. The summed E-state index contributed by atoms with van der Waals surface area (Å²) in [5.41, 5.74) is 0.619. The molecule has 5 nitrogen and oxygen atoms in total. The van der Waals surface area contributed by atoms with Gasteiger partial charge in [0.2, 0.25) is 5.91 Å². The molecule has 0 aliphatic heterocycles. The number of rotatable bonds is 5. The van der Waals surface area contributed by atoms with Crippen LogP contribution in [0.25, 0.3) is 0 Å². The highest BCUT2D eigenvalue weighted by Crippen LogP contribution is 2.12. The molecule has 5 heteroatoms. The van der Waals surface area contributed by atoms with Crippen LogP contribution in [0.4, 0.5) is 5.69 Å². The van der Waals surface area contributed by atoms with Crippen molar-refractivity contribution in [3.63, 3.8) is 0 Å². The van der Waals surface area contributed by atoms with E-state index in [-0.39, 0.29) is 17.9 Å². The second kappa shape index (κ2) is 5.86. The summed E-state index contributed by atoms with van der Waals surface area (Å²) in [7, 11) is 0. The van der Waals surface area contributed by atoms with Gasteiger partial charge in [-0.15, -0.1) is 0 Å². The molecule has 1 heterocycles. The number of carbonyl (C=O) groups is 2. The maximum Gasteiger partial charge on any atom is 0.335 e. The van der Waals surface area contributed by atoms with Crippen LogP contribution in [0.3, 0.4) is 0 Å². The summed E-state index contributed by atoms with van der Waals surface area (Å²) in [6, 6.07) is 9.71. The SMILES string of the molecule is O=C(CCc1ccco1)Nc1cccc(C(=O)O)c1. The first-order valence-corrected chi connectivity index (χ1v) is 5.81. The number of aromatic carboxylic acids is 1. The smallest absolute Gasteiger partial charge is 0.335 e. The molecular weight excluding hydrogens is 246 g/mol. The van der Waals surface area contributed by atoms with E-state index in [9.17, 15) is 9.59 Å². The predicted octanol–water partition coefficient (Wildman–Crippen LogP) is 2.55. The fraction of sp³-hybridized carbons (Fsp3) is 0.143. The van der Waals surface area contributed by atoms with Crippen LogP contribution in [-0.2, 0) is 11.2 Å². The van der Waals surface area contributed by atoms with Crippen molar-refractivity contribution in [2.24, 2.45) is 0 Å². The minimum absolute atomic E-state index is 0.142. The Morgan fingerprint density at radius 3 is 2.74 bits per heavy atom. The zero-order chi connectivity index (χ0) is 13.7. The fourth-order valence-corrected chi connectivity index (χ4v) is 1.65. The summed E-state index contributed by atoms with van der Waals surface area (Å²) >= 11 is 0. The number of carbonyl (C=O) groups excluding carboxylic acids is 1. The lowest BCUT2D eigenvalue weighted by Gasteiger charge is -2.05. The molecule has 0 fully saturated rings. The zero-order valence-electron chi connectivity index (χ0n) is 10.1. The lowest BCUT2D eigenvalue weighted by molar-refractivity contribution is -0.116. The Morgan fingerprint density at radius 1 is 1.21 bits per heavy atom.